The Bertz CT molecular complexity index is 358. The van der Waals surface area contributed by atoms with Crippen LogP contribution in [0, 0.1) is 12.8 Å². The number of rotatable bonds is 5. The third kappa shape index (κ3) is 3.09. The molecule has 0 aliphatic rings. The first kappa shape index (κ1) is 12.8. The quantitative estimate of drug-likeness (QED) is 0.823. The maximum Gasteiger partial charge on any atom is 0.311 e. The standard InChI is InChI=1S/C14H20O2/c1-4-6-11(3)13(14(15)16)12-8-5-7-10(2)9-12/h5,7-9,11,13H,4,6H2,1-3H3,(H,15,16). The Hall–Kier alpha value is -1.31. The fourth-order valence-corrected chi connectivity index (χ4v) is 2.20. The molecule has 2 atom stereocenters. The van der Waals surface area contributed by atoms with Crippen LogP contribution in [-0.2, 0) is 4.79 Å². The molecule has 0 bridgehead atoms. The van der Waals surface area contributed by atoms with E-state index in [0.29, 0.717) is 0 Å². The molecular formula is C14H20O2. The van der Waals surface area contributed by atoms with Gasteiger partial charge in [0.25, 0.3) is 0 Å². The molecule has 2 unspecified atom stereocenters. The van der Waals surface area contributed by atoms with Crippen molar-refractivity contribution >= 4 is 5.97 Å². The number of aliphatic carboxylic acids is 1. The van der Waals surface area contributed by atoms with Gasteiger partial charge < -0.3 is 5.11 Å². The number of benzene rings is 1. The molecule has 0 fully saturated rings. The monoisotopic (exact) mass is 220 g/mol. The second-order valence-electron chi connectivity index (χ2n) is 4.50. The van der Waals surface area contributed by atoms with Crippen LogP contribution in [0.4, 0.5) is 0 Å². The van der Waals surface area contributed by atoms with E-state index in [1.807, 2.05) is 38.1 Å². The molecule has 1 rings (SSSR count). The van der Waals surface area contributed by atoms with E-state index < -0.39 is 5.97 Å². The molecule has 0 saturated heterocycles. The normalized spacial score (nSPS) is 14.4. The van der Waals surface area contributed by atoms with Gasteiger partial charge in [-0.3, -0.25) is 4.79 Å². The van der Waals surface area contributed by atoms with E-state index in [1.54, 1.807) is 0 Å². The SMILES string of the molecule is CCCC(C)C(C(=O)O)c1cccc(C)c1. The van der Waals surface area contributed by atoms with Gasteiger partial charge in [0, 0.05) is 0 Å². The molecule has 0 radical (unpaired) electrons. The summed E-state index contributed by atoms with van der Waals surface area (Å²) in [6.07, 6.45) is 1.97. The number of carbonyl (C=O) groups is 1. The van der Waals surface area contributed by atoms with E-state index >= 15 is 0 Å². The minimum absolute atomic E-state index is 0.185. The molecule has 16 heavy (non-hydrogen) atoms. The lowest BCUT2D eigenvalue weighted by atomic mass is 9.84. The van der Waals surface area contributed by atoms with E-state index in [-0.39, 0.29) is 11.8 Å². The summed E-state index contributed by atoms with van der Waals surface area (Å²) < 4.78 is 0. The van der Waals surface area contributed by atoms with Crippen molar-refractivity contribution in [2.75, 3.05) is 0 Å². The van der Waals surface area contributed by atoms with Gasteiger partial charge in [0.05, 0.1) is 5.92 Å². The van der Waals surface area contributed by atoms with E-state index in [1.165, 1.54) is 0 Å². The van der Waals surface area contributed by atoms with Gasteiger partial charge in [-0.25, -0.2) is 0 Å². The van der Waals surface area contributed by atoms with Crippen LogP contribution in [0.5, 0.6) is 0 Å². The second-order valence-corrected chi connectivity index (χ2v) is 4.50. The smallest absolute Gasteiger partial charge is 0.311 e. The topological polar surface area (TPSA) is 37.3 Å². The Balaban J connectivity index is 2.98. The molecule has 1 aromatic rings. The van der Waals surface area contributed by atoms with Crippen molar-refractivity contribution in [3.05, 3.63) is 35.4 Å². The third-order valence-corrected chi connectivity index (χ3v) is 2.98. The van der Waals surface area contributed by atoms with Crippen molar-refractivity contribution in [3.63, 3.8) is 0 Å². The van der Waals surface area contributed by atoms with Crippen LogP contribution in [0.1, 0.15) is 43.7 Å². The second kappa shape index (κ2) is 5.69. The number of carboxylic acids is 1. The number of aryl methyl sites for hydroxylation is 1. The summed E-state index contributed by atoms with van der Waals surface area (Å²) in [5, 5.41) is 9.31. The lowest BCUT2D eigenvalue weighted by molar-refractivity contribution is -0.140. The van der Waals surface area contributed by atoms with Crippen LogP contribution in [-0.4, -0.2) is 11.1 Å². The van der Waals surface area contributed by atoms with Crippen molar-refractivity contribution in [2.45, 2.75) is 39.5 Å². The summed E-state index contributed by atoms with van der Waals surface area (Å²) in [6, 6.07) is 7.81. The van der Waals surface area contributed by atoms with Crippen LogP contribution >= 0.6 is 0 Å². The summed E-state index contributed by atoms with van der Waals surface area (Å²) in [5.74, 6) is -0.907. The van der Waals surface area contributed by atoms with Crippen molar-refractivity contribution in [3.8, 4) is 0 Å². The van der Waals surface area contributed by atoms with Crippen molar-refractivity contribution in [2.24, 2.45) is 5.92 Å². The highest BCUT2D eigenvalue weighted by Crippen LogP contribution is 2.28. The molecule has 88 valence electrons. The largest absolute Gasteiger partial charge is 0.481 e. The molecule has 1 N–H and O–H groups in total. The molecular weight excluding hydrogens is 200 g/mol. The van der Waals surface area contributed by atoms with Gasteiger partial charge >= 0.3 is 5.97 Å². The highest BCUT2D eigenvalue weighted by Gasteiger charge is 2.25. The van der Waals surface area contributed by atoms with Gasteiger partial charge in [0.15, 0.2) is 0 Å². The molecule has 0 aromatic heterocycles. The Morgan fingerprint density at radius 1 is 1.44 bits per heavy atom. The first-order valence-electron chi connectivity index (χ1n) is 5.85. The van der Waals surface area contributed by atoms with Gasteiger partial charge in [-0.1, -0.05) is 50.1 Å². The van der Waals surface area contributed by atoms with Gasteiger partial charge in [0.1, 0.15) is 0 Å². The molecule has 0 aliphatic carbocycles. The fourth-order valence-electron chi connectivity index (χ4n) is 2.20. The predicted octanol–water partition coefficient (Wildman–Crippen LogP) is 3.60. The highest BCUT2D eigenvalue weighted by molar-refractivity contribution is 5.76. The lowest BCUT2D eigenvalue weighted by Gasteiger charge is -2.20. The molecule has 2 nitrogen and oxygen atoms in total. The minimum atomic E-state index is -0.716. The van der Waals surface area contributed by atoms with Gasteiger partial charge in [0.2, 0.25) is 0 Å². The van der Waals surface area contributed by atoms with Gasteiger partial charge in [-0.05, 0) is 24.8 Å². The first-order chi connectivity index (χ1) is 7.56. The zero-order chi connectivity index (χ0) is 12.1. The van der Waals surface area contributed by atoms with E-state index in [9.17, 15) is 9.90 Å². The lowest BCUT2D eigenvalue weighted by Crippen LogP contribution is -2.19. The van der Waals surface area contributed by atoms with Crippen LogP contribution in [0.3, 0.4) is 0 Å². The van der Waals surface area contributed by atoms with E-state index in [0.717, 1.165) is 24.0 Å². The maximum absolute atomic E-state index is 11.3. The number of carboxylic acid groups (broad SMARTS) is 1. The highest BCUT2D eigenvalue weighted by atomic mass is 16.4. The fraction of sp³-hybridized carbons (Fsp3) is 0.500. The molecule has 0 heterocycles. The van der Waals surface area contributed by atoms with Crippen molar-refractivity contribution < 1.29 is 9.90 Å². The van der Waals surface area contributed by atoms with Crippen molar-refractivity contribution in [1.29, 1.82) is 0 Å². The zero-order valence-electron chi connectivity index (χ0n) is 10.2. The first-order valence-corrected chi connectivity index (χ1v) is 5.85. The van der Waals surface area contributed by atoms with E-state index in [4.69, 9.17) is 0 Å². The summed E-state index contributed by atoms with van der Waals surface area (Å²) in [4.78, 5) is 11.3. The summed E-state index contributed by atoms with van der Waals surface area (Å²) in [5.41, 5.74) is 2.04. The Morgan fingerprint density at radius 3 is 2.62 bits per heavy atom. The van der Waals surface area contributed by atoms with Crippen LogP contribution in [0.25, 0.3) is 0 Å². The average molecular weight is 220 g/mol. The molecule has 1 aromatic carbocycles. The summed E-state index contributed by atoms with van der Waals surface area (Å²) >= 11 is 0. The van der Waals surface area contributed by atoms with Crippen LogP contribution < -0.4 is 0 Å². The molecule has 0 amide bonds. The number of hydrogen-bond donors (Lipinski definition) is 1. The Morgan fingerprint density at radius 2 is 2.12 bits per heavy atom. The summed E-state index contributed by atoms with van der Waals surface area (Å²) in [7, 11) is 0. The van der Waals surface area contributed by atoms with Crippen LogP contribution in [0.2, 0.25) is 0 Å². The Kier molecular flexibility index (Phi) is 4.53. The third-order valence-electron chi connectivity index (χ3n) is 2.98. The summed E-state index contributed by atoms with van der Waals surface area (Å²) in [6.45, 7) is 6.10. The number of hydrogen-bond acceptors (Lipinski definition) is 1. The molecule has 0 spiro atoms. The predicted molar refractivity (Wildman–Crippen MR) is 65.6 cm³/mol. The average Bonchev–Trinajstić information content (AvgIpc) is 2.17. The minimum Gasteiger partial charge on any atom is -0.481 e. The zero-order valence-corrected chi connectivity index (χ0v) is 10.2. The van der Waals surface area contributed by atoms with Gasteiger partial charge in [-0.2, -0.15) is 0 Å². The maximum atomic E-state index is 11.3. The van der Waals surface area contributed by atoms with Crippen molar-refractivity contribution in [1.82, 2.24) is 0 Å². The molecule has 2 heteroatoms. The van der Waals surface area contributed by atoms with Crippen LogP contribution in [0.15, 0.2) is 24.3 Å². The van der Waals surface area contributed by atoms with Gasteiger partial charge in [-0.15, -0.1) is 0 Å². The van der Waals surface area contributed by atoms with E-state index in [2.05, 4.69) is 6.92 Å². The molecule has 0 aliphatic heterocycles. The Labute approximate surface area is 97.3 Å². The molecule has 0 saturated carbocycles.